The predicted octanol–water partition coefficient (Wildman–Crippen LogP) is 2.65. The Hall–Kier alpha value is -2.84. The first-order valence-electron chi connectivity index (χ1n) is 8.29. The van der Waals surface area contributed by atoms with Gasteiger partial charge in [0.1, 0.15) is 5.82 Å². The number of carbonyl (C=O) groups is 1. The smallest absolute Gasteiger partial charge is 0.336 e. The van der Waals surface area contributed by atoms with E-state index in [0.717, 1.165) is 22.3 Å². The lowest BCUT2D eigenvalue weighted by Crippen LogP contribution is -2.20. The molecule has 0 spiro atoms. The molecule has 0 aliphatic heterocycles. The molecule has 0 fully saturated rings. The van der Waals surface area contributed by atoms with Crippen molar-refractivity contribution in [3.63, 3.8) is 0 Å². The van der Waals surface area contributed by atoms with Crippen molar-refractivity contribution in [2.24, 2.45) is 0 Å². The molecule has 0 radical (unpaired) electrons. The number of hydrogen-bond donors (Lipinski definition) is 3. The number of aromatic amines is 1. The third-order valence-corrected chi connectivity index (χ3v) is 5.72. The van der Waals surface area contributed by atoms with Gasteiger partial charge >= 0.3 is 5.97 Å². The van der Waals surface area contributed by atoms with Crippen LogP contribution in [0.1, 0.15) is 15.9 Å². The Morgan fingerprint density at radius 3 is 2.52 bits per heavy atom. The minimum absolute atomic E-state index is 0.151. The zero-order chi connectivity index (χ0) is 19.8. The minimum Gasteiger partial charge on any atom is -0.478 e. The molecule has 0 atom stereocenters. The van der Waals surface area contributed by atoms with Crippen molar-refractivity contribution in [2.75, 3.05) is 26.0 Å². The van der Waals surface area contributed by atoms with Gasteiger partial charge in [-0.25, -0.2) is 17.9 Å². The molecular formula is C19H21N3O4S. The van der Waals surface area contributed by atoms with Crippen LogP contribution in [0, 0.1) is 0 Å². The van der Waals surface area contributed by atoms with E-state index in [1.165, 1.54) is 7.05 Å². The van der Waals surface area contributed by atoms with E-state index in [4.69, 9.17) is 0 Å². The van der Waals surface area contributed by atoms with E-state index in [2.05, 4.69) is 9.71 Å². The Balaban J connectivity index is 2.30. The highest BCUT2D eigenvalue weighted by Crippen LogP contribution is 2.39. The monoisotopic (exact) mass is 387 g/mol. The van der Waals surface area contributed by atoms with Crippen molar-refractivity contribution in [1.82, 2.24) is 9.71 Å². The van der Waals surface area contributed by atoms with Gasteiger partial charge < -0.3 is 15.0 Å². The summed E-state index contributed by atoms with van der Waals surface area (Å²) in [6, 6.07) is 12.1. The van der Waals surface area contributed by atoms with Crippen LogP contribution in [0.25, 0.3) is 22.0 Å². The van der Waals surface area contributed by atoms with Crippen molar-refractivity contribution in [2.45, 2.75) is 5.75 Å². The molecule has 0 aliphatic rings. The van der Waals surface area contributed by atoms with Gasteiger partial charge in [0.15, 0.2) is 0 Å². The summed E-state index contributed by atoms with van der Waals surface area (Å²) in [5.41, 5.74) is 2.93. The molecule has 2 aromatic carbocycles. The predicted molar refractivity (Wildman–Crippen MR) is 107 cm³/mol. The SMILES string of the molecule is CNS(=O)(=O)Cc1ccc2[nH]c(N(C)C)c(-c3ccccc3C(=O)O)c2c1. The summed E-state index contributed by atoms with van der Waals surface area (Å²) in [7, 11) is 1.69. The van der Waals surface area contributed by atoms with E-state index >= 15 is 0 Å². The highest BCUT2D eigenvalue weighted by molar-refractivity contribution is 7.88. The number of carboxylic acids is 1. The van der Waals surface area contributed by atoms with E-state index in [0.29, 0.717) is 11.1 Å². The average Bonchev–Trinajstić information content (AvgIpc) is 3.00. The number of aromatic carboxylic acids is 1. The van der Waals surface area contributed by atoms with Crippen molar-refractivity contribution < 1.29 is 18.3 Å². The van der Waals surface area contributed by atoms with Crippen LogP contribution in [0.15, 0.2) is 42.5 Å². The quantitative estimate of drug-likeness (QED) is 0.603. The molecule has 1 heterocycles. The topological polar surface area (TPSA) is 103 Å². The molecule has 27 heavy (non-hydrogen) atoms. The van der Waals surface area contributed by atoms with Gasteiger partial charge in [0.25, 0.3) is 0 Å². The molecule has 0 bridgehead atoms. The normalized spacial score (nSPS) is 11.7. The van der Waals surface area contributed by atoms with Crippen molar-refractivity contribution >= 4 is 32.7 Å². The molecule has 1 aromatic heterocycles. The maximum atomic E-state index is 11.9. The van der Waals surface area contributed by atoms with Gasteiger partial charge in [-0.1, -0.05) is 24.3 Å². The maximum absolute atomic E-state index is 11.9. The van der Waals surface area contributed by atoms with Crippen LogP contribution in [-0.4, -0.2) is 45.6 Å². The lowest BCUT2D eigenvalue weighted by atomic mass is 9.97. The second-order valence-electron chi connectivity index (χ2n) is 6.44. The Morgan fingerprint density at radius 1 is 1.19 bits per heavy atom. The number of aromatic nitrogens is 1. The van der Waals surface area contributed by atoms with E-state index < -0.39 is 16.0 Å². The Labute approximate surface area is 157 Å². The molecule has 0 amide bonds. The van der Waals surface area contributed by atoms with Crippen LogP contribution >= 0.6 is 0 Å². The second-order valence-corrected chi connectivity index (χ2v) is 8.36. The van der Waals surface area contributed by atoms with Crippen molar-refractivity contribution in [3.8, 4) is 11.1 Å². The number of hydrogen-bond acceptors (Lipinski definition) is 4. The maximum Gasteiger partial charge on any atom is 0.336 e. The largest absolute Gasteiger partial charge is 0.478 e. The fourth-order valence-electron chi connectivity index (χ4n) is 3.10. The van der Waals surface area contributed by atoms with E-state index in [9.17, 15) is 18.3 Å². The van der Waals surface area contributed by atoms with Gasteiger partial charge in [0.05, 0.1) is 11.3 Å². The fourth-order valence-corrected chi connectivity index (χ4v) is 3.86. The van der Waals surface area contributed by atoms with Crippen LogP contribution in [0.4, 0.5) is 5.82 Å². The molecular weight excluding hydrogens is 366 g/mol. The highest BCUT2D eigenvalue weighted by atomic mass is 32.2. The van der Waals surface area contributed by atoms with Gasteiger partial charge in [-0.3, -0.25) is 0 Å². The summed E-state index contributed by atoms with van der Waals surface area (Å²) >= 11 is 0. The standard InChI is InChI=1S/C19H21N3O4S/c1-20-27(25,26)11-12-8-9-16-15(10-12)17(18(21-16)22(2)3)13-6-4-5-7-14(13)19(23)24/h4-10,20-21H,11H2,1-3H3,(H,23,24). The van der Waals surface area contributed by atoms with Gasteiger partial charge in [0, 0.05) is 36.1 Å². The van der Waals surface area contributed by atoms with Crippen LogP contribution < -0.4 is 9.62 Å². The molecule has 0 saturated carbocycles. The molecule has 3 rings (SSSR count). The second kappa shape index (κ2) is 7.05. The molecule has 142 valence electrons. The van der Waals surface area contributed by atoms with Crippen LogP contribution in [0.5, 0.6) is 0 Å². The number of anilines is 1. The third kappa shape index (κ3) is 3.67. The minimum atomic E-state index is -3.41. The molecule has 7 nitrogen and oxygen atoms in total. The van der Waals surface area contributed by atoms with Gasteiger partial charge in [-0.2, -0.15) is 0 Å². The van der Waals surface area contributed by atoms with Crippen LogP contribution in [-0.2, 0) is 15.8 Å². The number of fused-ring (bicyclic) bond motifs is 1. The summed E-state index contributed by atoms with van der Waals surface area (Å²) in [5, 5.41) is 10.4. The number of nitrogens with zero attached hydrogens (tertiary/aromatic N) is 1. The van der Waals surface area contributed by atoms with Gasteiger partial charge in [-0.05, 0) is 30.8 Å². The van der Waals surface area contributed by atoms with Gasteiger partial charge in [-0.15, -0.1) is 0 Å². The Morgan fingerprint density at radius 2 is 1.89 bits per heavy atom. The number of sulfonamides is 1. The summed E-state index contributed by atoms with van der Waals surface area (Å²) in [6.07, 6.45) is 0. The first kappa shape index (κ1) is 18.9. The molecule has 3 N–H and O–H groups in total. The zero-order valence-corrected chi connectivity index (χ0v) is 16.1. The lowest BCUT2D eigenvalue weighted by molar-refractivity contribution is 0.0697. The van der Waals surface area contributed by atoms with E-state index in [-0.39, 0.29) is 11.3 Å². The fraction of sp³-hybridized carbons (Fsp3) is 0.211. The Bertz CT molecular complexity index is 1120. The number of benzene rings is 2. The van der Waals surface area contributed by atoms with E-state index in [1.807, 2.05) is 25.1 Å². The summed E-state index contributed by atoms with van der Waals surface area (Å²) in [6.45, 7) is 0. The molecule has 8 heteroatoms. The number of rotatable bonds is 6. The lowest BCUT2D eigenvalue weighted by Gasteiger charge is -2.15. The zero-order valence-electron chi connectivity index (χ0n) is 15.3. The number of nitrogens with one attached hydrogen (secondary N) is 2. The van der Waals surface area contributed by atoms with Crippen molar-refractivity contribution in [1.29, 1.82) is 0 Å². The Kier molecular flexibility index (Phi) is 4.95. The third-order valence-electron chi connectivity index (χ3n) is 4.38. The van der Waals surface area contributed by atoms with Crippen molar-refractivity contribution in [3.05, 3.63) is 53.6 Å². The highest BCUT2D eigenvalue weighted by Gasteiger charge is 2.21. The molecule has 0 unspecified atom stereocenters. The number of carboxylic acid groups (broad SMARTS) is 1. The molecule has 0 aliphatic carbocycles. The molecule has 3 aromatic rings. The van der Waals surface area contributed by atoms with E-state index in [1.54, 1.807) is 36.4 Å². The molecule has 0 saturated heterocycles. The summed E-state index contributed by atoms with van der Waals surface area (Å²) in [5.74, 6) is -0.409. The van der Waals surface area contributed by atoms with Crippen LogP contribution in [0.3, 0.4) is 0 Å². The summed E-state index contributed by atoms with van der Waals surface area (Å²) < 4.78 is 26.1. The summed E-state index contributed by atoms with van der Waals surface area (Å²) in [4.78, 5) is 16.9. The van der Waals surface area contributed by atoms with Crippen LogP contribution in [0.2, 0.25) is 0 Å². The average molecular weight is 387 g/mol. The number of H-pyrrole nitrogens is 1. The first-order valence-corrected chi connectivity index (χ1v) is 9.94. The van der Waals surface area contributed by atoms with Gasteiger partial charge in [0.2, 0.25) is 10.0 Å². The first-order chi connectivity index (χ1) is 12.7.